The predicted molar refractivity (Wildman–Crippen MR) is 54.6 cm³/mol. The van der Waals surface area contributed by atoms with Gasteiger partial charge in [-0.05, 0) is 19.3 Å². The number of hydrogen-bond acceptors (Lipinski definition) is 2. The third-order valence-electron chi connectivity index (χ3n) is 2.37. The van der Waals surface area contributed by atoms with Crippen LogP contribution in [0.2, 0.25) is 0 Å². The summed E-state index contributed by atoms with van der Waals surface area (Å²) in [5, 5.41) is 8.94. The first-order chi connectivity index (χ1) is 6.07. The minimum atomic E-state index is -0.776. The second-order valence-electron chi connectivity index (χ2n) is 3.93. The topological polar surface area (TPSA) is 37.3 Å². The molecule has 0 heterocycles. The van der Waals surface area contributed by atoms with Gasteiger partial charge in [-0.2, -0.15) is 0 Å². The van der Waals surface area contributed by atoms with Gasteiger partial charge < -0.3 is 5.11 Å². The maximum absolute atomic E-state index is 11.0. The molecule has 0 aromatic rings. The Bertz CT molecular complexity index is 141. The van der Waals surface area contributed by atoms with Gasteiger partial charge in [0.1, 0.15) is 6.10 Å². The second-order valence-corrected chi connectivity index (χ2v) is 3.93. The van der Waals surface area contributed by atoms with Crippen LogP contribution in [0.25, 0.3) is 0 Å². The van der Waals surface area contributed by atoms with Gasteiger partial charge in [-0.1, -0.05) is 33.1 Å². The van der Waals surface area contributed by atoms with Crippen molar-refractivity contribution in [1.29, 1.82) is 0 Å². The first-order valence-corrected chi connectivity index (χ1v) is 5.28. The van der Waals surface area contributed by atoms with Crippen LogP contribution in [0.4, 0.5) is 0 Å². The highest BCUT2D eigenvalue weighted by molar-refractivity contribution is 5.82. The fourth-order valence-corrected chi connectivity index (χ4v) is 1.47. The van der Waals surface area contributed by atoms with Gasteiger partial charge in [0.2, 0.25) is 0 Å². The summed E-state index contributed by atoms with van der Waals surface area (Å²) in [5.74, 6) is 0.690. The maximum Gasteiger partial charge on any atom is 0.160 e. The first kappa shape index (κ1) is 12.6. The average Bonchev–Trinajstić information content (AvgIpc) is 2.04. The van der Waals surface area contributed by atoms with Gasteiger partial charge in [-0.25, -0.2) is 0 Å². The molecule has 0 aromatic heterocycles. The van der Waals surface area contributed by atoms with Crippen molar-refractivity contribution in [2.24, 2.45) is 5.92 Å². The average molecular weight is 186 g/mol. The Labute approximate surface area is 81.3 Å². The monoisotopic (exact) mass is 186 g/mol. The van der Waals surface area contributed by atoms with Crippen molar-refractivity contribution in [3.63, 3.8) is 0 Å². The number of aliphatic hydroxyl groups is 1. The van der Waals surface area contributed by atoms with Crippen LogP contribution >= 0.6 is 0 Å². The van der Waals surface area contributed by atoms with E-state index in [-0.39, 0.29) is 5.78 Å². The predicted octanol–water partition coefficient (Wildman–Crippen LogP) is 2.54. The molecule has 2 unspecified atom stereocenters. The van der Waals surface area contributed by atoms with Gasteiger partial charge in [-0.3, -0.25) is 4.79 Å². The molecule has 2 nitrogen and oxygen atoms in total. The summed E-state index contributed by atoms with van der Waals surface area (Å²) < 4.78 is 0. The van der Waals surface area contributed by atoms with E-state index < -0.39 is 6.10 Å². The largest absolute Gasteiger partial charge is 0.386 e. The molecule has 0 radical (unpaired) electrons. The quantitative estimate of drug-likeness (QED) is 0.663. The van der Waals surface area contributed by atoms with Crippen molar-refractivity contribution in [2.45, 2.75) is 59.0 Å². The molecule has 0 amide bonds. The van der Waals surface area contributed by atoms with E-state index in [1.807, 2.05) is 0 Å². The summed E-state index contributed by atoms with van der Waals surface area (Å²) >= 11 is 0. The number of carbonyl (C=O) groups excluding carboxylic acids is 1. The highest BCUT2D eigenvalue weighted by atomic mass is 16.3. The summed E-state index contributed by atoms with van der Waals surface area (Å²) in [6.07, 6.45) is 4.23. The Kier molecular flexibility index (Phi) is 6.87. The Balaban J connectivity index is 3.39. The Morgan fingerprint density at radius 2 is 1.92 bits per heavy atom. The zero-order chi connectivity index (χ0) is 10.3. The fourth-order valence-electron chi connectivity index (χ4n) is 1.47. The molecule has 78 valence electrons. The Hall–Kier alpha value is -0.370. The van der Waals surface area contributed by atoms with Gasteiger partial charge in [-0.15, -0.1) is 0 Å². The lowest BCUT2D eigenvalue weighted by molar-refractivity contribution is -0.126. The number of hydrogen-bond donors (Lipinski definition) is 1. The van der Waals surface area contributed by atoms with Gasteiger partial charge in [0, 0.05) is 6.42 Å². The third-order valence-corrected chi connectivity index (χ3v) is 2.37. The zero-order valence-electron chi connectivity index (χ0n) is 9.05. The van der Waals surface area contributed by atoms with Gasteiger partial charge >= 0.3 is 0 Å². The molecule has 0 rings (SSSR count). The molecule has 0 saturated heterocycles. The molecule has 13 heavy (non-hydrogen) atoms. The minimum absolute atomic E-state index is 0.0244. The molecule has 0 fully saturated rings. The molecule has 0 aromatic carbocycles. The van der Waals surface area contributed by atoms with Crippen LogP contribution in [0.15, 0.2) is 0 Å². The normalized spacial score (nSPS) is 15.4. The lowest BCUT2D eigenvalue weighted by atomic mass is 9.98. The molecule has 0 bridgehead atoms. The molecule has 0 spiro atoms. The standard InChI is InChI=1S/C11H22O2/c1-4-6-9(2)7-5-8-11(13)10(3)12/h9-10,12H,4-8H2,1-3H3. The van der Waals surface area contributed by atoms with E-state index in [1.54, 1.807) is 0 Å². The number of carbonyl (C=O) groups is 1. The molecular formula is C11H22O2. The molecule has 1 N–H and O–H groups in total. The molecule has 0 aliphatic rings. The summed E-state index contributed by atoms with van der Waals surface area (Å²) in [4.78, 5) is 11.0. The lowest BCUT2D eigenvalue weighted by Crippen LogP contribution is -2.15. The van der Waals surface area contributed by atoms with Crippen LogP contribution in [-0.4, -0.2) is 17.0 Å². The van der Waals surface area contributed by atoms with Crippen molar-refractivity contribution in [3.8, 4) is 0 Å². The summed E-state index contributed by atoms with van der Waals surface area (Å²) in [7, 11) is 0. The highest BCUT2D eigenvalue weighted by Gasteiger charge is 2.09. The minimum Gasteiger partial charge on any atom is -0.386 e. The van der Waals surface area contributed by atoms with Crippen molar-refractivity contribution < 1.29 is 9.90 Å². The highest BCUT2D eigenvalue weighted by Crippen LogP contribution is 2.13. The van der Waals surface area contributed by atoms with E-state index in [4.69, 9.17) is 5.11 Å². The Morgan fingerprint density at radius 3 is 2.38 bits per heavy atom. The van der Waals surface area contributed by atoms with Crippen molar-refractivity contribution in [3.05, 3.63) is 0 Å². The van der Waals surface area contributed by atoms with Crippen molar-refractivity contribution in [2.75, 3.05) is 0 Å². The Morgan fingerprint density at radius 1 is 1.31 bits per heavy atom. The van der Waals surface area contributed by atoms with E-state index in [0.717, 1.165) is 12.8 Å². The van der Waals surface area contributed by atoms with E-state index in [2.05, 4.69) is 13.8 Å². The van der Waals surface area contributed by atoms with Crippen LogP contribution < -0.4 is 0 Å². The van der Waals surface area contributed by atoms with E-state index in [9.17, 15) is 4.79 Å². The van der Waals surface area contributed by atoms with Crippen LogP contribution in [0.1, 0.15) is 52.9 Å². The molecule has 2 heteroatoms. The first-order valence-electron chi connectivity index (χ1n) is 5.28. The summed E-state index contributed by atoms with van der Waals surface area (Å²) in [5.41, 5.74) is 0. The molecule has 0 saturated carbocycles. The molecular weight excluding hydrogens is 164 g/mol. The summed E-state index contributed by atoms with van der Waals surface area (Å²) in [6.45, 7) is 5.94. The van der Waals surface area contributed by atoms with Crippen molar-refractivity contribution in [1.82, 2.24) is 0 Å². The van der Waals surface area contributed by atoms with Crippen molar-refractivity contribution >= 4 is 5.78 Å². The number of ketones is 1. The number of rotatable bonds is 7. The number of Topliss-reactive ketones (excluding diaryl/α,β-unsaturated/α-hetero) is 1. The third kappa shape index (κ3) is 6.76. The zero-order valence-corrected chi connectivity index (χ0v) is 9.05. The molecule has 0 aliphatic heterocycles. The van der Waals surface area contributed by atoms with Gasteiger partial charge in [0.25, 0.3) is 0 Å². The molecule has 0 aliphatic carbocycles. The van der Waals surface area contributed by atoms with E-state index in [1.165, 1.54) is 19.8 Å². The SMILES string of the molecule is CCCC(C)CCCC(=O)C(C)O. The van der Waals surface area contributed by atoms with Crippen LogP contribution in [-0.2, 0) is 4.79 Å². The second kappa shape index (κ2) is 7.07. The lowest BCUT2D eigenvalue weighted by Gasteiger charge is -2.09. The summed E-state index contributed by atoms with van der Waals surface area (Å²) in [6, 6.07) is 0. The smallest absolute Gasteiger partial charge is 0.160 e. The van der Waals surface area contributed by atoms with Crippen LogP contribution in [0, 0.1) is 5.92 Å². The van der Waals surface area contributed by atoms with Gasteiger partial charge in [0.05, 0.1) is 0 Å². The number of aliphatic hydroxyl groups excluding tert-OH is 1. The van der Waals surface area contributed by atoms with E-state index >= 15 is 0 Å². The van der Waals surface area contributed by atoms with Gasteiger partial charge in [0.15, 0.2) is 5.78 Å². The van der Waals surface area contributed by atoms with Crippen LogP contribution in [0.3, 0.4) is 0 Å². The maximum atomic E-state index is 11.0. The van der Waals surface area contributed by atoms with E-state index in [0.29, 0.717) is 12.3 Å². The van der Waals surface area contributed by atoms with Crippen LogP contribution in [0.5, 0.6) is 0 Å². The molecule has 2 atom stereocenters. The fraction of sp³-hybridized carbons (Fsp3) is 0.909.